The maximum absolute atomic E-state index is 11.4. The van der Waals surface area contributed by atoms with Gasteiger partial charge in [0.25, 0.3) is 0 Å². The van der Waals surface area contributed by atoms with Gasteiger partial charge in [-0.25, -0.2) is 9.78 Å². The fourth-order valence-corrected chi connectivity index (χ4v) is 1.38. The summed E-state index contributed by atoms with van der Waals surface area (Å²) < 4.78 is 0. The van der Waals surface area contributed by atoms with Crippen molar-refractivity contribution in [2.24, 2.45) is 0 Å². The first-order valence-electron chi connectivity index (χ1n) is 5.24. The summed E-state index contributed by atoms with van der Waals surface area (Å²) in [5, 5.41) is 2.78. The summed E-state index contributed by atoms with van der Waals surface area (Å²) in [4.78, 5) is 19.9. The average molecular weight is 230 g/mol. The molecule has 0 aliphatic heterocycles. The second-order valence-electron chi connectivity index (χ2n) is 3.87. The molecule has 1 aromatic carbocycles. The Balaban J connectivity index is 2.11. The Morgan fingerprint density at radius 1 is 1.29 bits per heavy atom. The van der Waals surface area contributed by atoms with Crippen molar-refractivity contribution in [2.75, 3.05) is 19.4 Å². The fraction of sp³-hybridized carbons (Fsp3) is 0.167. The van der Waals surface area contributed by atoms with Crippen LogP contribution < -0.4 is 5.32 Å². The molecule has 17 heavy (non-hydrogen) atoms. The van der Waals surface area contributed by atoms with Gasteiger partial charge in [0.2, 0.25) is 0 Å². The first-order valence-corrected chi connectivity index (χ1v) is 5.24. The highest BCUT2D eigenvalue weighted by atomic mass is 16.2. The third-order valence-electron chi connectivity index (χ3n) is 2.35. The quantitative estimate of drug-likeness (QED) is 0.830. The lowest BCUT2D eigenvalue weighted by Gasteiger charge is -2.12. The maximum atomic E-state index is 11.4. The molecule has 0 fully saturated rings. The number of H-pyrrole nitrogens is 1. The Morgan fingerprint density at radius 2 is 2.00 bits per heavy atom. The van der Waals surface area contributed by atoms with Crippen molar-refractivity contribution in [3.05, 3.63) is 36.8 Å². The van der Waals surface area contributed by atoms with E-state index in [0.717, 1.165) is 16.9 Å². The van der Waals surface area contributed by atoms with Crippen LogP contribution in [-0.4, -0.2) is 35.0 Å². The van der Waals surface area contributed by atoms with Gasteiger partial charge in [-0.2, -0.15) is 0 Å². The van der Waals surface area contributed by atoms with Gasteiger partial charge >= 0.3 is 6.03 Å². The third-order valence-corrected chi connectivity index (χ3v) is 2.35. The van der Waals surface area contributed by atoms with E-state index in [4.69, 9.17) is 0 Å². The molecule has 5 nitrogen and oxygen atoms in total. The lowest BCUT2D eigenvalue weighted by atomic mass is 10.1. The zero-order valence-electron chi connectivity index (χ0n) is 9.77. The fourth-order valence-electron chi connectivity index (χ4n) is 1.38. The number of anilines is 1. The molecule has 5 heteroatoms. The smallest absolute Gasteiger partial charge is 0.321 e. The van der Waals surface area contributed by atoms with Crippen LogP contribution >= 0.6 is 0 Å². The molecule has 2 N–H and O–H groups in total. The average Bonchev–Trinajstić information content (AvgIpc) is 2.83. The van der Waals surface area contributed by atoms with Crippen molar-refractivity contribution in [2.45, 2.75) is 0 Å². The Hall–Kier alpha value is -2.30. The van der Waals surface area contributed by atoms with E-state index >= 15 is 0 Å². The normalized spacial score (nSPS) is 10.0. The van der Waals surface area contributed by atoms with Gasteiger partial charge in [0, 0.05) is 19.8 Å². The SMILES string of the molecule is CN(C)C(=O)Nc1ccc(-c2cnc[nH]2)cc1. The van der Waals surface area contributed by atoms with Crippen LogP contribution in [0.25, 0.3) is 11.3 Å². The summed E-state index contributed by atoms with van der Waals surface area (Å²) in [6.45, 7) is 0. The van der Waals surface area contributed by atoms with Crippen LogP contribution in [0.4, 0.5) is 10.5 Å². The third kappa shape index (κ3) is 2.63. The van der Waals surface area contributed by atoms with E-state index in [1.807, 2.05) is 24.3 Å². The second kappa shape index (κ2) is 4.69. The number of nitrogens with one attached hydrogen (secondary N) is 2. The molecule has 1 aromatic heterocycles. The molecular weight excluding hydrogens is 216 g/mol. The van der Waals surface area contributed by atoms with Crippen LogP contribution in [0, 0.1) is 0 Å². The first kappa shape index (κ1) is 11.2. The van der Waals surface area contributed by atoms with Crippen LogP contribution in [0.1, 0.15) is 0 Å². The molecule has 0 bridgehead atoms. The predicted molar refractivity (Wildman–Crippen MR) is 66.7 cm³/mol. The Bertz CT molecular complexity index is 488. The van der Waals surface area contributed by atoms with Gasteiger partial charge in [-0.15, -0.1) is 0 Å². The van der Waals surface area contributed by atoms with Crippen LogP contribution in [0.3, 0.4) is 0 Å². The number of hydrogen-bond donors (Lipinski definition) is 2. The van der Waals surface area contributed by atoms with E-state index in [-0.39, 0.29) is 6.03 Å². The zero-order valence-corrected chi connectivity index (χ0v) is 9.77. The van der Waals surface area contributed by atoms with Gasteiger partial charge in [-0.1, -0.05) is 12.1 Å². The highest BCUT2D eigenvalue weighted by Gasteiger charge is 2.04. The number of aromatic nitrogens is 2. The van der Waals surface area contributed by atoms with Crippen molar-refractivity contribution in [3.8, 4) is 11.3 Å². The molecule has 1 heterocycles. The number of carbonyl (C=O) groups excluding carboxylic acids is 1. The molecule has 0 atom stereocenters. The van der Waals surface area contributed by atoms with E-state index < -0.39 is 0 Å². The number of rotatable bonds is 2. The molecule has 0 saturated heterocycles. The highest BCUT2D eigenvalue weighted by Crippen LogP contribution is 2.18. The molecule has 0 radical (unpaired) electrons. The van der Waals surface area contributed by atoms with E-state index in [1.54, 1.807) is 26.6 Å². The molecule has 0 aliphatic carbocycles. The Morgan fingerprint density at radius 3 is 2.53 bits per heavy atom. The minimum Gasteiger partial charge on any atom is -0.345 e. The molecule has 2 rings (SSSR count). The lowest BCUT2D eigenvalue weighted by molar-refractivity contribution is 0.230. The van der Waals surface area contributed by atoms with Gasteiger partial charge in [0.15, 0.2) is 0 Å². The van der Waals surface area contributed by atoms with Gasteiger partial charge in [0.05, 0.1) is 18.2 Å². The van der Waals surface area contributed by atoms with Crippen molar-refractivity contribution in [1.29, 1.82) is 0 Å². The largest absolute Gasteiger partial charge is 0.345 e. The second-order valence-corrected chi connectivity index (χ2v) is 3.87. The Labute approximate surface area is 99.5 Å². The maximum Gasteiger partial charge on any atom is 0.321 e. The minimum atomic E-state index is -0.140. The summed E-state index contributed by atoms with van der Waals surface area (Å²) in [5.74, 6) is 0. The highest BCUT2D eigenvalue weighted by molar-refractivity contribution is 5.89. The number of urea groups is 1. The Kier molecular flexibility index (Phi) is 3.09. The number of hydrogen-bond acceptors (Lipinski definition) is 2. The summed E-state index contributed by atoms with van der Waals surface area (Å²) in [7, 11) is 3.41. The minimum absolute atomic E-state index is 0.140. The van der Waals surface area contributed by atoms with Gasteiger partial charge in [0.1, 0.15) is 0 Å². The number of carbonyl (C=O) groups is 1. The zero-order chi connectivity index (χ0) is 12.3. The van der Waals surface area contributed by atoms with E-state index in [9.17, 15) is 4.79 Å². The summed E-state index contributed by atoms with van der Waals surface area (Å²) >= 11 is 0. The number of nitrogens with zero attached hydrogens (tertiary/aromatic N) is 2. The lowest BCUT2D eigenvalue weighted by Crippen LogP contribution is -2.27. The van der Waals surface area contributed by atoms with Gasteiger partial charge < -0.3 is 15.2 Å². The number of aromatic amines is 1. The molecule has 0 unspecified atom stereocenters. The number of benzene rings is 1. The van der Waals surface area contributed by atoms with E-state index in [1.165, 1.54) is 4.90 Å². The van der Waals surface area contributed by atoms with Crippen LogP contribution in [0.2, 0.25) is 0 Å². The molecule has 2 aromatic rings. The van der Waals surface area contributed by atoms with E-state index in [2.05, 4.69) is 15.3 Å². The first-order chi connectivity index (χ1) is 8.16. The number of imidazole rings is 1. The standard InChI is InChI=1S/C12H14N4O/c1-16(2)12(17)15-10-5-3-9(4-6-10)11-7-13-8-14-11/h3-8H,1-2H3,(H,13,14)(H,15,17). The van der Waals surface area contributed by atoms with Crippen LogP contribution in [0.15, 0.2) is 36.8 Å². The predicted octanol–water partition coefficient (Wildman–Crippen LogP) is 2.17. The van der Waals surface area contributed by atoms with Crippen molar-refractivity contribution in [1.82, 2.24) is 14.9 Å². The molecule has 0 aliphatic rings. The van der Waals surface area contributed by atoms with Crippen molar-refractivity contribution in [3.63, 3.8) is 0 Å². The van der Waals surface area contributed by atoms with Crippen molar-refractivity contribution < 1.29 is 4.79 Å². The summed E-state index contributed by atoms with van der Waals surface area (Å²) in [6.07, 6.45) is 3.39. The topological polar surface area (TPSA) is 61.0 Å². The molecule has 0 spiro atoms. The van der Waals surface area contributed by atoms with Crippen LogP contribution in [0.5, 0.6) is 0 Å². The van der Waals surface area contributed by atoms with E-state index in [0.29, 0.717) is 0 Å². The molecule has 2 amide bonds. The molecule has 88 valence electrons. The summed E-state index contributed by atoms with van der Waals surface area (Å²) in [6, 6.07) is 7.44. The van der Waals surface area contributed by atoms with Crippen LogP contribution in [-0.2, 0) is 0 Å². The van der Waals surface area contributed by atoms with Gasteiger partial charge in [-0.3, -0.25) is 0 Å². The molecular formula is C12H14N4O. The van der Waals surface area contributed by atoms with Crippen molar-refractivity contribution >= 4 is 11.7 Å². The summed E-state index contributed by atoms with van der Waals surface area (Å²) in [5.41, 5.74) is 2.76. The molecule has 0 saturated carbocycles. The van der Waals surface area contributed by atoms with Gasteiger partial charge in [-0.05, 0) is 17.7 Å². The monoisotopic (exact) mass is 230 g/mol. The number of amides is 2.